The summed E-state index contributed by atoms with van der Waals surface area (Å²) in [6.45, 7) is 6.81. The van der Waals surface area contributed by atoms with Gasteiger partial charge in [0, 0.05) is 17.6 Å². The second-order valence-electron chi connectivity index (χ2n) is 4.69. The van der Waals surface area contributed by atoms with Gasteiger partial charge in [0.25, 0.3) is 0 Å². The Hall–Kier alpha value is -1.39. The summed E-state index contributed by atoms with van der Waals surface area (Å²) in [6.07, 6.45) is 4.12. The van der Waals surface area contributed by atoms with Crippen LogP contribution in [0.5, 0.6) is 5.75 Å². The van der Waals surface area contributed by atoms with Crippen molar-refractivity contribution in [2.24, 2.45) is 0 Å². The van der Waals surface area contributed by atoms with Crippen LogP contribution in [-0.4, -0.2) is 11.5 Å². The molecule has 0 atom stereocenters. The van der Waals surface area contributed by atoms with Gasteiger partial charge in [-0.25, -0.2) is 4.98 Å². The maximum absolute atomic E-state index is 5.80. The van der Waals surface area contributed by atoms with E-state index in [4.69, 9.17) is 4.74 Å². The molecule has 0 fully saturated rings. The van der Waals surface area contributed by atoms with Crippen LogP contribution in [0.25, 0.3) is 0 Å². The lowest BCUT2D eigenvalue weighted by Gasteiger charge is -2.05. The van der Waals surface area contributed by atoms with Crippen molar-refractivity contribution >= 4 is 11.3 Å². The number of aryl methyl sites for hydroxylation is 1. The Kier molecular flexibility index (Phi) is 6.02. The number of hydrogen-bond donors (Lipinski definition) is 1. The number of nitrogens with zero attached hydrogens (tertiary/aromatic N) is 1. The fourth-order valence-corrected chi connectivity index (χ4v) is 2.69. The minimum absolute atomic E-state index is 0.547. The predicted octanol–water partition coefficient (Wildman–Crippen LogP) is 3.78. The fraction of sp³-hybridized carbons (Fsp3) is 0.438. The highest BCUT2D eigenvalue weighted by Gasteiger charge is 2.03. The van der Waals surface area contributed by atoms with Gasteiger partial charge in [0.2, 0.25) is 0 Å². The topological polar surface area (TPSA) is 34.2 Å². The van der Waals surface area contributed by atoms with Crippen molar-refractivity contribution in [3.63, 3.8) is 0 Å². The molecule has 1 N–H and O–H groups in total. The molecule has 1 aromatic carbocycles. The summed E-state index contributed by atoms with van der Waals surface area (Å²) < 4.78 is 5.80. The lowest BCUT2D eigenvalue weighted by atomic mass is 10.2. The van der Waals surface area contributed by atoms with Gasteiger partial charge in [-0.05, 0) is 37.1 Å². The van der Waals surface area contributed by atoms with Crippen LogP contribution in [0, 0.1) is 0 Å². The normalized spacial score (nSPS) is 10.7. The lowest BCUT2D eigenvalue weighted by molar-refractivity contribution is 0.305. The Labute approximate surface area is 125 Å². The van der Waals surface area contributed by atoms with Gasteiger partial charge in [-0.2, -0.15) is 0 Å². The monoisotopic (exact) mass is 290 g/mol. The van der Waals surface area contributed by atoms with Crippen molar-refractivity contribution < 1.29 is 4.74 Å². The minimum atomic E-state index is 0.547. The third kappa shape index (κ3) is 4.62. The molecule has 0 radical (unpaired) electrons. The summed E-state index contributed by atoms with van der Waals surface area (Å²) in [7, 11) is 0. The molecule has 1 heterocycles. The zero-order chi connectivity index (χ0) is 14.2. The van der Waals surface area contributed by atoms with Crippen molar-refractivity contribution in [1.29, 1.82) is 0 Å². The molecule has 0 spiro atoms. The standard InChI is InChI=1S/C16H22N2OS/c1-3-8-17-10-15-11-18-16(20-15)12-19-14-7-5-6-13(4-2)9-14/h5-7,9,11,17H,3-4,8,10,12H2,1-2H3. The molecule has 0 amide bonds. The Balaban J connectivity index is 1.84. The van der Waals surface area contributed by atoms with Gasteiger partial charge >= 0.3 is 0 Å². The van der Waals surface area contributed by atoms with E-state index in [1.54, 1.807) is 11.3 Å². The SMILES string of the molecule is CCCNCc1cnc(COc2cccc(CC)c2)s1. The first-order chi connectivity index (χ1) is 9.81. The molecule has 0 saturated heterocycles. The Morgan fingerprint density at radius 2 is 2.20 bits per heavy atom. The molecule has 3 nitrogen and oxygen atoms in total. The maximum atomic E-state index is 5.80. The molecule has 2 rings (SSSR count). The third-order valence-electron chi connectivity index (χ3n) is 3.00. The molecular weight excluding hydrogens is 268 g/mol. The molecule has 0 unspecified atom stereocenters. The number of ether oxygens (including phenoxy) is 1. The molecule has 0 saturated carbocycles. The van der Waals surface area contributed by atoms with Gasteiger partial charge in [-0.3, -0.25) is 0 Å². The van der Waals surface area contributed by atoms with Gasteiger partial charge in [-0.15, -0.1) is 11.3 Å². The van der Waals surface area contributed by atoms with Gasteiger partial charge in [0.05, 0.1) is 0 Å². The first kappa shape index (κ1) is 15.0. The van der Waals surface area contributed by atoms with E-state index in [9.17, 15) is 0 Å². The van der Waals surface area contributed by atoms with Crippen LogP contribution in [0.4, 0.5) is 0 Å². The smallest absolute Gasteiger partial charge is 0.140 e. The largest absolute Gasteiger partial charge is 0.486 e. The van der Waals surface area contributed by atoms with E-state index in [-0.39, 0.29) is 0 Å². The molecule has 20 heavy (non-hydrogen) atoms. The molecule has 2 aromatic rings. The Morgan fingerprint density at radius 3 is 3.00 bits per heavy atom. The number of rotatable bonds is 8. The highest BCUT2D eigenvalue weighted by molar-refractivity contribution is 7.11. The fourth-order valence-electron chi connectivity index (χ4n) is 1.89. The molecule has 0 aliphatic heterocycles. The van der Waals surface area contributed by atoms with Gasteiger partial charge < -0.3 is 10.1 Å². The lowest BCUT2D eigenvalue weighted by Crippen LogP contribution is -2.12. The number of aromatic nitrogens is 1. The van der Waals surface area contributed by atoms with E-state index in [1.165, 1.54) is 10.4 Å². The number of thiazole rings is 1. The minimum Gasteiger partial charge on any atom is -0.486 e. The molecule has 1 aromatic heterocycles. The van der Waals surface area contributed by atoms with Crippen molar-refractivity contribution in [2.45, 2.75) is 39.8 Å². The van der Waals surface area contributed by atoms with E-state index in [0.717, 1.165) is 36.7 Å². The van der Waals surface area contributed by atoms with Crippen molar-refractivity contribution in [3.05, 3.63) is 45.9 Å². The van der Waals surface area contributed by atoms with Gasteiger partial charge in [-0.1, -0.05) is 26.0 Å². The highest BCUT2D eigenvalue weighted by Crippen LogP contribution is 2.18. The molecular formula is C16H22N2OS. The Bertz CT molecular complexity index is 525. The maximum Gasteiger partial charge on any atom is 0.140 e. The van der Waals surface area contributed by atoms with Crippen LogP contribution in [0.1, 0.15) is 35.7 Å². The quantitative estimate of drug-likeness (QED) is 0.751. The van der Waals surface area contributed by atoms with Crippen molar-refractivity contribution in [1.82, 2.24) is 10.3 Å². The molecule has 0 aliphatic carbocycles. The zero-order valence-corrected chi connectivity index (χ0v) is 13.0. The van der Waals surface area contributed by atoms with Crippen molar-refractivity contribution in [3.8, 4) is 5.75 Å². The summed E-state index contributed by atoms with van der Waals surface area (Å²) in [5, 5.41) is 4.41. The first-order valence-corrected chi connectivity index (χ1v) is 7.99. The predicted molar refractivity (Wildman–Crippen MR) is 84.3 cm³/mol. The van der Waals surface area contributed by atoms with Crippen LogP contribution >= 0.6 is 11.3 Å². The molecule has 4 heteroatoms. The summed E-state index contributed by atoms with van der Waals surface area (Å²) in [6, 6.07) is 8.25. The average Bonchev–Trinajstić information content (AvgIpc) is 2.94. The third-order valence-corrected chi connectivity index (χ3v) is 3.97. The van der Waals surface area contributed by atoms with Gasteiger partial charge in [0.1, 0.15) is 17.4 Å². The van der Waals surface area contributed by atoms with Gasteiger partial charge in [0.15, 0.2) is 0 Å². The van der Waals surface area contributed by atoms with Crippen LogP contribution in [0.2, 0.25) is 0 Å². The summed E-state index contributed by atoms with van der Waals surface area (Å²) in [4.78, 5) is 5.67. The summed E-state index contributed by atoms with van der Waals surface area (Å²) >= 11 is 1.71. The zero-order valence-electron chi connectivity index (χ0n) is 12.2. The van der Waals surface area contributed by atoms with Crippen LogP contribution in [-0.2, 0) is 19.6 Å². The van der Waals surface area contributed by atoms with E-state index in [0.29, 0.717) is 6.61 Å². The van der Waals surface area contributed by atoms with E-state index >= 15 is 0 Å². The number of hydrogen-bond acceptors (Lipinski definition) is 4. The number of benzene rings is 1. The Morgan fingerprint density at radius 1 is 1.30 bits per heavy atom. The molecule has 0 aliphatic rings. The molecule has 108 valence electrons. The average molecular weight is 290 g/mol. The van der Waals surface area contributed by atoms with Crippen LogP contribution in [0.3, 0.4) is 0 Å². The number of nitrogens with one attached hydrogen (secondary N) is 1. The van der Waals surface area contributed by atoms with Crippen LogP contribution < -0.4 is 10.1 Å². The van der Waals surface area contributed by atoms with E-state index in [1.807, 2.05) is 18.3 Å². The van der Waals surface area contributed by atoms with E-state index in [2.05, 4.69) is 36.3 Å². The van der Waals surface area contributed by atoms with Crippen molar-refractivity contribution in [2.75, 3.05) is 6.54 Å². The summed E-state index contributed by atoms with van der Waals surface area (Å²) in [5.41, 5.74) is 1.30. The second-order valence-corrected chi connectivity index (χ2v) is 5.89. The van der Waals surface area contributed by atoms with E-state index < -0.39 is 0 Å². The first-order valence-electron chi connectivity index (χ1n) is 7.17. The highest BCUT2D eigenvalue weighted by atomic mass is 32.1. The molecule has 0 bridgehead atoms. The summed E-state index contributed by atoms with van der Waals surface area (Å²) in [5.74, 6) is 0.921. The second kappa shape index (κ2) is 8.02. The van der Waals surface area contributed by atoms with Crippen LogP contribution in [0.15, 0.2) is 30.5 Å².